The van der Waals surface area contributed by atoms with Crippen molar-refractivity contribution < 1.29 is 0 Å². The normalized spacial score (nSPS) is 15.2. The number of rotatable bonds is 8. The van der Waals surface area contributed by atoms with Crippen LogP contribution in [-0.4, -0.2) is 40.6 Å². The lowest BCUT2D eigenvalue weighted by molar-refractivity contribution is 0.256. The lowest BCUT2D eigenvalue weighted by Crippen LogP contribution is -2.31. The predicted octanol–water partition coefficient (Wildman–Crippen LogP) is 2.48. The third-order valence-electron chi connectivity index (χ3n) is 4.03. The summed E-state index contributed by atoms with van der Waals surface area (Å²) in [6.07, 6.45) is 3.94. The molecule has 19 heavy (non-hydrogen) atoms. The van der Waals surface area contributed by atoms with Gasteiger partial charge in [-0.15, -0.1) is 0 Å². The van der Waals surface area contributed by atoms with E-state index in [1.807, 2.05) is 12.5 Å². The summed E-state index contributed by atoms with van der Waals surface area (Å²) < 4.78 is 2.30. The van der Waals surface area contributed by atoms with E-state index in [1.165, 1.54) is 5.69 Å². The molecule has 1 heterocycles. The summed E-state index contributed by atoms with van der Waals surface area (Å²) in [5.41, 5.74) is 7.21. The maximum Gasteiger partial charge on any atom is 0.0951 e. The van der Waals surface area contributed by atoms with Gasteiger partial charge >= 0.3 is 0 Å². The fraction of sp³-hybridized carbons (Fsp3) is 0.800. The lowest BCUT2D eigenvalue weighted by atomic mass is 9.92. The van der Waals surface area contributed by atoms with Crippen LogP contribution in [0.15, 0.2) is 12.5 Å². The van der Waals surface area contributed by atoms with Crippen LogP contribution in [0.1, 0.15) is 52.3 Å². The van der Waals surface area contributed by atoms with E-state index in [1.54, 1.807) is 0 Å². The zero-order chi connectivity index (χ0) is 14.4. The average molecular weight is 266 g/mol. The molecule has 0 spiro atoms. The molecule has 0 aromatic carbocycles. The third kappa shape index (κ3) is 4.05. The molecular formula is C15H30N4. The molecular weight excluding hydrogens is 236 g/mol. The van der Waals surface area contributed by atoms with Crippen LogP contribution in [0.3, 0.4) is 0 Å². The summed E-state index contributed by atoms with van der Waals surface area (Å²) in [6, 6.07) is 0.435. The maximum atomic E-state index is 5.94. The minimum Gasteiger partial charge on any atom is -0.330 e. The molecule has 1 rings (SSSR count). The molecule has 0 saturated carbocycles. The van der Waals surface area contributed by atoms with Crippen LogP contribution in [0, 0.1) is 5.92 Å². The molecule has 2 N–H and O–H groups in total. The van der Waals surface area contributed by atoms with Gasteiger partial charge in [0, 0.05) is 36.9 Å². The molecule has 0 aliphatic rings. The highest BCUT2D eigenvalue weighted by Gasteiger charge is 2.21. The highest BCUT2D eigenvalue weighted by Crippen LogP contribution is 2.25. The first-order valence-electron chi connectivity index (χ1n) is 7.49. The van der Waals surface area contributed by atoms with Crippen molar-refractivity contribution in [1.29, 1.82) is 0 Å². The number of hydrogen-bond acceptors (Lipinski definition) is 3. The highest BCUT2D eigenvalue weighted by atomic mass is 15.2. The van der Waals surface area contributed by atoms with Gasteiger partial charge in [-0.2, -0.15) is 0 Å². The molecule has 4 heteroatoms. The Morgan fingerprint density at radius 3 is 2.37 bits per heavy atom. The molecule has 0 amide bonds. The molecule has 110 valence electrons. The number of likely N-dealkylation sites (N-methyl/N-ethyl adjacent to an activating group) is 1. The maximum absolute atomic E-state index is 5.94. The molecule has 0 fully saturated rings. The first-order valence-corrected chi connectivity index (χ1v) is 7.49. The first-order chi connectivity index (χ1) is 9.04. The molecule has 0 radical (unpaired) electrons. The summed E-state index contributed by atoms with van der Waals surface area (Å²) in [7, 11) is 0. The number of hydrogen-bond donors (Lipinski definition) is 1. The lowest BCUT2D eigenvalue weighted by Gasteiger charge is -2.27. The van der Waals surface area contributed by atoms with E-state index in [-0.39, 0.29) is 0 Å². The van der Waals surface area contributed by atoms with E-state index in [0.717, 1.165) is 19.6 Å². The van der Waals surface area contributed by atoms with Crippen molar-refractivity contribution in [3.63, 3.8) is 0 Å². The Labute approximate surface area is 118 Å². The Balaban J connectivity index is 2.86. The third-order valence-corrected chi connectivity index (χ3v) is 4.03. The quantitative estimate of drug-likeness (QED) is 0.786. The number of aromatic nitrogens is 2. The predicted molar refractivity (Wildman–Crippen MR) is 81.4 cm³/mol. The largest absolute Gasteiger partial charge is 0.330 e. The van der Waals surface area contributed by atoms with E-state index in [0.29, 0.717) is 24.4 Å². The highest BCUT2D eigenvalue weighted by molar-refractivity contribution is 5.09. The van der Waals surface area contributed by atoms with Crippen LogP contribution in [0.4, 0.5) is 0 Å². The minimum absolute atomic E-state index is 0.390. The zero-order valence-corrected chi connectivity index (χ0v) is 13.1. The number of imidazole rings is 1. The fourth-order valence-corrected chi connectivity index (χ4v) is 2.65. The SMILES string of the molecule is CCN(CC)CC(C)n1cncc1C(CN)C(C)C. The van der Waals surface area contributed by atoms with Crippen LogP contribution in [0.25, 0.3) is 0 Å². The van der Waals surface area contributed by atoms with Gasteiger partial charge in [0.1, 0.15) is 0 Å². The summed E-state index contributed by atoms with van der Waals surface area (Å²) >= 11 is 0. The van der Waals surface area contributed by atoms with Crippen molar-refractivity contribution >= 4 is 0 Å². The summed E-state index contributed by atoms with van der Waals surface area (Å²) in [4.78, 5) is 6.79. The van der Waals surface area contributed by atoms with Gasteiger partial charge in [0.15, 0.2) is 0 Å². The van der Waals surface area contributed by atoms with Crippen LogP contribution >= 0.6 is 0 Å². The van der Waals surface area contributed by atoms with Gasteiger partial charge < -0.3 is 15.2 Å². The average Bonchev–Trinajstić information content (AvgIpc) is 2.85. The van der Waals surface area contributed by atoms with Crippen LogP contribution in [0.5, 0.6) is 0 Å². The fourth-order valence-electron chi connectivity index (χ4n) is 2.65. The van der Waals surface area contributed by atoms with Crippen molar-refractivity contribution in [1.82, 2.24) is 14.5 Å². The van der Waals surface area contributed by atoms with E-state index >= 15 is 0 Å². The summed E-state index contributed by atoms with van der Waals surface area (Å²) in [5.74, 6) is 0.933. The van der Waals surface area contributed by atoms with Gasteiger partial charge in [0.05, 0.1) is 6.33 Å². The molecule has 4 nitrogen and oxygen atoms in total. The summed E-state index contributed by atoms with van der Waals surface area (Å²) in [6.45, 7) is 15.1. The molecule has 0 saturated heterocycles. The van der Waals surface area contributed by atoms with Gasteiger partial charge in [-0.1, -0.05) is 27.7 Å². The van der Waals surface area contributed by atoms with Crippen LogP contribution in [0.2, 0.25) is 0 Å². The Bertz CT molecular complexity index is 355. The van der Waals surface area contributed by atoms with Crippen LogP contribution < -0.4 is 5.73 Å². The molecule has 0 bridgehead atoms. The molecule has 0 aliphatic heterocycles. The van der Waals surface area contributed by atoms with Gasteiger partial charge in [-0.25, -0.2) is 4.98 Å². The van der Waals surface area contributed by atoms with Crippen molar-refractivity contribution in [2.45, 2.75) is 46.6 Å². The summed E-state index contributed by atoms with van der Waals surface area (Å²) in [5, 5.41) is 0. The monoisotopic (exact) mass is 266 g/mol. The van der Waals surface area contributed by atoms with Crippen LogP contribution in [-0.2, 0) is 0 Å². The van der Waals surface area contributed by atoms with Gasteiger partial charge in [-0.3, -0.25) is 0 Å². The van der Waals surface area contributed by atoms with E-state index in [4.69, 9.17) is 5.73 Å². The molecule has 0 aliphatic carbocycles. The second-order valence-electron chi connectivity index (χ2n) is 5.65. The Kier molecular flexibility index (Phi) is 6.52. The van der Waals surface area contributed by atoms with E-state index in [2.05, 4.69) is 49.1 Å². The second-order valence-corrected chi connectivity index (χ2v) is 5.65. The number of nitrogens with zero attached hydrogens (tertiary/aromatic N) is 3. The van der Waals surface area contributed by atoms with Crippen molar-refractivity contribution in [2.24, 2.45) is 11.7 Å². The smallest absolute Gasteiger partial charge is 0.0951 e. The minimum atomic E-state index is 0.390. The van der Waals surface area contributed by atoms with E-state index < -0.39 is 0 Å². The zero-order valence-electron chi connectivity index (χ0n) is 13.1. The standard InChI is InChI=1S/C15H30N4/c1-6-18(7-2)10-13(5)19-11-17-9-15(19)14(8-16)12(3)4/h9,11-14H,6-8,10,16H2,1-5H3. The second kappa shape index (κ2) is 7.65. The first kappa shape index (κ1) is 16.2. The van der Waals surface area contributed by atoms with Gasteiger partial charge in [0.2, 0.25) is 0 Å². The van der Waals surface area contributed by atoms with Gasteiger partial charge in [-0.05, 0) is 25.9 Å². The van der Waals surface area contributed by atoms with Crippen molar-refractivity contribution in [3.05, 3.63) is 18.2 Å². The topological polar surface area (TPSA) is 47.1 Å². The molecule has 2 unspecified atom stereocenters. The molecule has 1 aromatic heterocycles. The Morgan fingerprint density at radius 1 is 1.26 bits per heavy atom. The number of nitrogens with two attached hydrogens (primary N) is 1. The van der Waals surface area contributed by atoms with Gasteiger partial charge in [0.25, 0.3) is 0 Å². The van der Waals surface area contributed by atoms with Crippen molar-refractivity contribution in [3.8, 4) is 0 Å². The molecule has 2 atom stereocenters. The van der Waals surface area contributed by atoms with E-state index in [9.17, 15) is 0 Å². The van der Waals surface area contributed by atoms with Crippen molar-refractivity contribution in [2.75, 3.05) is 26.2 Å². The molecule has 1 aromatic rings. The Hall–Kier alpha value is -0.870. The Morgan fingerprint density at radius 2 is 1.89 bits per heavy atom.